The van der Waals surface area contributed by atoms with E-state index in [1.54, 1.807) is 5.56 Å². The summed E-state index contributed by atoms with van der Waals surface area (Å²) in [5.74, 6) is 0.810. The molecule has 0 bridgehead atoms. The van der Waals surface area contributed by atoms with Crippen LogP contribution in [0.25, 0.3) is 0 Å². The van der Waals surface area contributed by atoms with Crippen molar-refractivity contribution in [1.29, 1.82) is 0 Å². The molecule has 0 unspecified atom stereocenters. The fourth-order valence-corrected chi connectivity index (χ4v) is 4.02. The van der Waals surface area contributed by atoms with Gasteiger partial charge < -0.3 is 4.98 Å². The van der Waals surface area contributed by atoms with Crippen LogP contribution < -0.4 is 0 Å². The minimum Gasteiger partial charge on any atom is -0.361 e. The van der Waals surface area contributed by atoms with Crippen molar-refractivity contribution in [2.45, 2.75) is 57.3 Å². The highest BCUT2D eigenvalue weighted by molar-refractivity contribution is 9.10. The van der Waals surface area contributed by atoms with Crippen LogP contribution in [0.5, 0.6) is 0 Å². The van der Waals surface area contributed by atoms with E-state index in [0.29, 0.717) is 0 Å². The highest BCUT2D eigenvalue weighted by Crippen LogP contribution is 2.41. The second kappa shape index (κ2) is 3.97. The first-order chi connectivity index (χ1) is 7.36. The lowest BCUT2D eigenvalue weighted by Crippen LogP contribution is -2.00. The van der Waals surface area contributed by atoms with Crippen molar-refractivity contribution in [2.75, 3.05) is 0 Å². The fourth-order valence-electron chi connectivity index (χ4n) is 3.16. The molecule has 2 aliphatic carbocycles. The van der Waals surface area contributed by atoms with Crippen LogP contribution in [0, 0.1) is 0 Å². The number of aromatic nitrogens is 1. The van der Waals surface area contributed by atoms with Gasteiger partial charge in [0.1, 0.15) is 0 Å². The highest BCUT2D eigenvalue weighted by atomic mass is 79.9. The maximum absolute atomic E-state index is 3.82. The molecule has 0 amide bonds. The smallest absolute Gasteiger partial charge is 0.0420 e. The van der Waals surface area contributed by atoms with E-state index < -0.39 is 0 Å². The number of fused-ring (bicyclic) bond motifs is 1. The molecule has 1 aromatic rings. The van der Waals surface area contributed by atoms with Crippen molar-refractivity contribution in [3.05, 3.63) is 21.4 Å². The van der Waals surface area contributed by atoms with E-state index in [1.807, 2.05) is 0 Å². The van der Waals surface area contributed by atoms with Crippen LogP contribution >= 0.6 is 15.9 Å². The van der Waals surface area contributed by atoms with Gasteiger partial charge in [-0.1, -0.05) is 12.8 Å². The molecule has 0 aliphatic heterocycles. The molecule has 1 fully saturated rings. The summed E-state index contributed by atoms with van der Waals surface area (Å²) < 4.78 is 1.42. The average Bonchev–Trinajstić information content (AvgIpc) is 2.87. The number of hydrogen-bond donors (Lipinski definition) is 1. The Morgan fingerprint density at radius 2 is 1.73 bits per heavy atom. The van der Waals surface area contributed by atoms with E-state index in [-0.39, 0.29) is 0 Å². The van der Waals surface area contributed by atoms with Gasteiger partial charge in [0.15, 0.2) is 0 Å². The maximum atomic E-state index is 3.82. The van der Waals surface area contributed by atoms with Gasteiger partial charge in [0.25, 0.3) is 0 Å². The number of aromatic amines is 1. The highest BCUT2D eigenvalue weighted by Gasteiger charge is 2.25. The molecule has 3 rings (SSSR count). The van der Waals surface area contributed by atoms with Gasteiger partial charge >= 0.3 is 0 Å². The Morgan fingerprint density at radius 3 is 2.47 bits per heavy atom. The number of aryl methyl sites for hydroxylation is 1. The van der Waals surface area contributed by atoms with Crippen LogP contribution in [0.4, 0.5) is 0 Å². The number of H-pyrrole nitrogens is 1. The number of nitrogens with one attached hydrogen (secondary N) is 1. The molecular weight excluding hydrogens is 250 g/mol. The second-order valence-corrected chi connectivity index (χ2v) is 5.79. The molecular formula is C13H18BrN. The van der Waals surface area contributed by atoms with Gasteiger partial charge in [0, 0.05) is 21.8 Å². The average molecular weight is 268 g/mol. The predicted molar refractivity (Wildman–Crippen MR) is 66.3 cm³/mol. The lowest BCUT2D eigenvalue weighted by molar-refractivity contribution is 0.669. The molecule has 1 nitrogen and oxygen atoms in total. The summed E-state index contributed by atoms with van der Waals surface area (Å²) in [6.45, 7) is 0. The van der Waals surface area contributed by atoms with E-state index in [9.17, 15) is 0 Å². The Kier molecular flexibility index (Phi) is 2.63. The van der Waals surface area contributed by atoms with Crippen molar-refractivity contribution in [3.63, 3.8) is 0 Å². The first-order valence-electron chi connectivity index (χ1n) is 6.25. The second-order valence-electron chi connectivity index (χ2n) is 5.00. The van der Waals surface area contributed by atoms with Crippen molar-refractivity contribution in [1.82, 2.24) is 4.98 Å². The molecule has 0 saturated heterocycles. The zero-order valence-electron chi connectivity index (χ0n) is 9.11. The van der Waals surface area contributed by atoms with Gasteiger partial charge in [-0.2, -0.15) is 0 Å². The van der Waals surface area contributed by atoms with Crippen LogP contribution in [0.3, 0.4) is 0 Å². The molecule has 0 spiro atoms. The lowest BCUT2D eigenvalue weighted by atomic mass is 9.97. The largest absolute Gasteiger partial charge is 0.361 e. The van der Waals surface area contributed by atoms with E-state index >= 15 is 0 Å². The molecule has 1 aromatic heterocycles. The van der Waals surface area contributed by atoms with Gasteiger partial charge in [0.05, 0.1) is 0 Å². The topological polar surface area (TPSA) is 15.8 Å². The standard InChI is InChI=1S/C13H18BrN/c14-12-10-7-3-4-8-11(10)15-13(12)9-5-1-2-6-9/h9,15H,1-8H2. The van der Waals surface area contributed by atoms with Crippen LogP contribution in [0.2, 0.25) is 0 Å². The third-order valence-corrected chi connectivity index (χ3v) is 4.92. The monoisotopic (exact) mass is 267 g/mol. The fraction of sp³-hybridized carbons (Fsp3) is 0.692. The van der Waals surface area contributed by atoms with Gasteiger partial charge in [-0.15, -0.1) is 0 Å². The molecule has 1 saturated carbocycles. The lowest BCUT2D eigenvalue weighted by Gasteiger charge is -2.10. The summed E-state index contributed by atoms with van der Waals surface area (Å²) in [5.41, 5.74) is 4.62. The van der Waals surface area contributed by atoms with Gasteiger partial charge in [0.2, 0.25) is 0 Å². The van der Waals surface area contributed by atoms with E-state index in [1.165, 1.54) is 67.2 Å². The quantitative estimate of drug-likeness (QED) is 0.781. The van der Waals surface area contributed by atoms with Gasteiger partial charge in [-0.25, -0.2) is 0 Å². The first kappa shape index (κ1) is 9.95. The van der Waals surface area contributed by atoms with Gasteiger partial charge in [-0.3, -0.25) is 0 Å². The van der Waals surface area contributed by atoms with E-state index in [0.717, 1.165) is 5.92 Å². The third kappa shape index (κ3) is 1.67. The minimum absolute atomic E-state index is 0.810. The summed E-state index contributed by atoms with van der Waals surface area (Å²) in [6.07, 6.45) is 10.9. The number of hydrogen-bond acceptors (Lipinski definition) is 0. The Morgan fingerprint density at radius 1 is 1.00 bits per heavy atom. The maximum Gasteiger partial charge on any atom is 0.0420 e. The molecule has 82 valence electrons. The molecule has 0 aromatic carbocycles. The van der Waals surface area contributed by atoms with Crippen molar-refractivity contribution in [2.24, 2.45) is 0 Å². The molecule has 15 heavy (non-hydrogen) atoms. The molecule has 0 radical (unpaired) electrons. The zero-order chi connectivity index (χ0) is 10.3. The number of rotatable bonds is 1. The van der Waals surface area contributed by atoms with Crippen LogP contribution in [-0.2, 0) is 12.8 Å². The third-order valence-electron chi connectivity index (χ3n) is 4.02. The van der Waals surface area contributed by atoms with E-state index in [4.69, 9.17) is 0 Å². The van der Waals surface area contributed by atoms with Crippen LogP contribution in [0.1, 0.15) is 61.4 Å². The minimum atomic E-state index is 0.810. The Hall–Kier alpha value is -0.240. The van der Waals surface area contributed by atoms with Crippen molar-refractivity contribution in [3.8, 4) is 0 Å². The summed E-state index contributed by atoms with van der Waals surface area (Å²) >= 11 is 3.82. The number of halogens is 1. The van der Waals surface area contributed by atoms with Crippen molar-refractivity contribution < 1.29 is 0 Å². The summed E-state index contributed by atoms with van der Waals surface area (Å²) in [4.78, 5) is 3.70. The first-order valence-corrected chi connectivity index (χ1v) is 7.04. The Balaban J connectivity index is 1.97. The van der Waals surface area contributed by atoms with Crippen molar-refractivity contribution >= 4 is 15.9 Å². The van der Waals surface area contributed by atoms with Gasteiger partial charge in [-0.05, 0) is 60.0 Å². The SMILES string of the molecule is Brc1c(C2CCCC2)[nH]c2c1CCCC2. The molecule has 2 heteroatoms. The summed E-state index contributed by atoms with van der Waals surface area (Å²) in [5, 5.41) is 0. The zero-order valence-corrected chi connectivity index (χ0v) is 10.7. The summed E-state index contributed by atoms with van der Waals surface area (Å²) in [6, 6.07) is 0. The molecule has 0 atom stereocenters. The molecule has 1 N–H and O–H groups in total. The van der Waals surface area contributed by atoms with E-state index in [2.05, 4.69) is 20.9 Å². The van der Waals surface area contributed by atoms with Crippen LogP contribution in [0.15, 0.2) is 4.47 Å². The Bertz CT molecular complexity index is 361. The normalized spacial score (nSPS) is 21.9. The predicted octanol–water partition coefficient (Wildman–Crippen LogP) is 4.31. The summed E-state index contributed by atoms with van der Waals surface area (Å²) in [7, 11) is 0. The van der Waals surface area contributed by atoms with Crippen LogP contribution in [-0.4, -0.2) is 4.98 Å². The molecule has 2 aliphatic rings. The molecule has 1 heterocycles. The Labute approximate surface area is 99.8 Å².